The highest BCUT2D eigenvalue weighted by molar-refractivity contribution is 8.00. The number of thioether (sulfide) groups is 1. The molecule has 1 atom stereocenters. The normalized spacial score (nSPS) is 11.8. The van der Waals surface area contributed by atoms with Crippen LogP contribution in [0.3, 0.4) is 0 Å². The maximum absolute atomic E-state index is 12.3. The van der Waals surface area contributed by atoms with Gasteiger partial charge in [-0.2, -0.15) is 0 Å². The van der Waals surface area contributed by atoms with Crippen molar-refractivity contribution in [3.63, 3.8) is 0 Å². The second-order valence-corrected chi connectivity index (χ2v) is 6.64. The zero-order valence-electron chi connectivity index (χ0n) is 15.4. The number of carbonyl (C=O) groups excluding carboxylic acids is 2. The van der Waals surface area contributed by atoms with Crippen LogP contribution in [0.25, 0.3) is 11.6 Å². The first-order chi connectivity index (χ1) is 12.5. The Hall–Kier alpha value is -2.35. The molecule has 26 heavy (non-hydrogen) atoms. The van der Waals surface area contributed by atoms with Crippen LogP contribution in [0.5, 0.6) is 0 Å². The van der Waals surface area contributed by atoms with E-state index in [-0.39, 0.29) is 29.9 Å². The van der Waals surface area contributed by atoms with Gasteiger partial charge in [-0.15, -0.1) is 0 Å². The van der Waals surface area contributed by atoms with Crippen LogP contribution in [0.2, 0.25) is 0 Å². The van der Waals surface area contributed by atoms with E-state index in [1.54, 1.807) is 26.0 Å². The van der Waals surface area contributed by atoms with E-state index >= 15 is 0 Å². The molecule has 0 aliphatic heterocycles. The lowest BCUT2D eigenvalue weighted by molar-refractivity contribution is -0.119. The minimum atomic E-state index is -0.499. The number of furan rings is 1. The van der Waals surface area contributed by atoms with Crippen LogP contribution in [-0.4, -0.2) is 40.2 Å². The lowest BCUT2D eigenvalue weighted by atomic mass is 10.2. The molecule has 0 bridgehead atoms. The number of ether oxygens (including phenoxy) is 1. The molecule has 2 rings (SSSR count). The number of aryl methyl sites for hydroxylation is 1. The number of hydrogen-bond acceptors (Lipinski definition) is 7. The molecule has 2 aromatic rings. The third-order valence-electron chi connectivity index (χ3n) is 3.64. The lowest BCUT2D eigenvalue weighted by Gasteiger charge is -2.13. The minimum absolute atomic E-state index is 0.0958. The summed E-state index contributed by atoms with van der Waals surface area (Å²) in [4.78, 5) is 33.2. The van der Waals surface area contributed by atoms with Crippen LogP contribution in [0, 0.1) is 6.92 Å². The Labute approximate surface area is 156 Å². The summed E-state index contributed by atoms with van der Waals surface area (Å²) in [6.45, 7) is 7.63. The fourth-order valence-corrected chi connectivity index (χ4v) is 3.04. The Morgan fingerprint density at radius 1 is 1.35 bits per heavy atom. The third kappa shape index (κ3) is 5.08. The largest absolute Gasteiger partial charge is 0.462 e. The Balaban J connectivity index is 2.30. The molecule has 140 valence electrons. The SMILES string of the molecule is CCOC(=O)c1c(C)nc(-c2ccco2)nc1SCC(=O)NC(C)CC. The molecule has 1 N–H and O–H groups in total. The minimum Gasteiger partial charge on any atom is -0.462 e. The molecule has 0 aromatic carbocycles. The van der Waals surface area contributed by atoms with Crippen LogP contribution in [0.1, 0.15) is 43.2 Å². The molecule has 0 saturated heterocycles. The van der Waals surface area contributed by atoms with E-state index in [2.05, 4.69) is 15.3 Å². The number of aromatic nitrogens is 2. The molecule has 7 nitrogen and oxygen atoms in total. The van der Waals surface area contributed by atoms with Crippen molar-refractivity contribution in [2.24, 2.45) is 0 Å². The van der Waals surface area contributed by atoms with Crippen molar-refractivity contribution in [3.05, 3.63) is 29.7 Å². The van der Waals surface area contributed by atoms with E-state index in [0.717, 1.165) is 6.42 Å². The van der Waals surface area contributed by atoms with Gasteiger partial charge in [-0.05, 0) is 39.3 Å². The first-order valence-electron chi connectivity index (χ1n) is 8.48. The molecule has 1 unspecified atom stereocenters. The first kappa shape index (κ1) is 20.0. The molecule has 0 saturated carbocycles. The van der Waals surface area contributed by atoms with Gasteiger partial charge in [0.15, 0.2) is 11.6 Å². The van der Waals surface area contributed by atoms with E-state index in [4.69, 9.17) is 9.15 Å². The van der Waals surface area contributed by atoms with E-state index in [1.165, 1.54) is 18.0 Å². The molecule has 0 fully saturated rings. The highest BCUT2D eigenvalue weighted by Gasteiger charge is 2.22. The first-order valence-corrected chi connectivity index (χ1v) is 9.46. The predicted molar refractivity (Wildman–Crippen MR) is 99.0 cm³/mol. The Morgan fingerprint density at radius 2 is 2.12 bits per heavy atom. The van der Waals surface area contributed by atoms with Crippen LogP contribution in [0.15, 0.2) is 27.8 Å². The molecule has 2 aromatic heterocycles. The molecular weight excluding hydrogens is 354 g/mol. The van der Waals surface area contributed by atoms with E-state index in [1.807, 2.05) is 13.8 Å². The van der Waals surface area contributed by atoms with Gasteiger partial charge >= 0.3 is 5.97 Å². The van der Waals surface area contributed by atoms with Gasteiger partial charge in [0.1, 0.15) is 10.6 Å². The van der Waals surface area contributed by atoms with Gasteiger partial charge in [0.2, 0.25) is 5.91 Å². The predicted octanol–water partition coefficient (Wildman–Crippen LogP) is 3.23. The summed E-state index contributed by atoms with van der Waals surface area (Å²) in [6.07, 6.45) is 2.37. The Kier molecular flexibility index (Phi) is 7.20. The van der Waals surface area contributed by atoms with Crippen molar-refractivity contribution in [3.8, 4) is 11.6 Å². The van der Waals surface area contributed by atoms with E-state index in [0.29, 0.717) is 22.3 Å². The lowest BCUT2D eigenvalue weighted by Crippen LogP contribution is -2.33. The summed E-state index contributed by atoms with van der Waals surface area (Å²) >= 11 is 1.18. The standard InChI is InChI=1S/C18H23N3O4S/c1-5-11(3)19-14(22)10-26-17-15(18(23)24-6-2)12(4)20-16(21-17)13-8-7-9-25-13/h7-9,11H,5-6,10H2,1-4H3,(H,19,22). The molecule has 2 heterocycles. The van der Waals surface area contributed by atoms with Crippen molar-refractivity contribution >= 4 is 23.6 Å². The second-order valence-electron chi connectivity index (χ2n) is 5.68. The Bertz CT molecular complexity index is 762. The second kappa shape index (κ2) is 9.38. The molecule has 0 aliphatic rings. The fraction of sp³-hybridized carbons (Fsp3) is 0.444. The average Bonchev–Trinajstić information content (AvgIpc) is 3.14. The smallest absolute Gasteiger partial charge is 0.342 e. The molecular formula is C18H23N3O4S. The Morgan fingerprint density at radius 3 is 2.73 bits per heavy atom. The zero-order valence-corrected chi connectivity index (χ0v) is 16.2. The van der Waals surface area contributed by atoms with Gasteiger partial charge < -0.3 is 14.5 Å². The number of nitrogens with one attached hydrogen (secondary N) is 1. The van der Waals surface area contributed by atoms with Crippen molar-refractivity contribution < 1.29 is 18.7 Å². The van der Waals surface area contributed by atoms with Crippen molar-refractivity contribution in [1.29, 1.82) is 0 Å². The van der Waals surface area contributed by atoms with Crippen molar-refractivity contribution in [2.75, 3.05) is 12.4 Å². The van der Waals surface area contributed by atoms with Crippen LogP contribution in [-0.2, 0) is 9.53 Å². The summed E-state index contributed by atoms with van der Waals surface area (Å²) in [5.41, 5.74) is 0.762. The topological polar surface area (TPSA) is 94.3 Å². The number of amides is 1. The highest BCUT2D eigenvalue weighted by atomic mass is 32.2. The number of esters is 1. The van der Waals surface area contributed by atoms with Gasteiger partial charge in [-0.3, -0.25) is 4.79 Å². The quantitative estimate of drug-likeness (QED) is 0.429. The number of rotatable bonds is 8. The maximum atomic E-state index is 12.3. The van der Waals surface area contributed by atoms with E-state index < -0.39 is 5.97 Å². The monoisotopic (exact) mass is 377 g/mol. The number of nitrogens with zero attached hydrogens (tertiary/aromatic N) is 2. The summed E-state index contributed by atoms with van der Waals surface area (Å²) in [7, 11) is 0. The van der Waals surface area contributed by atoms with Gasteiger partial charge in [-0.25, -0.2) is 14.8 Å². The van der Waals surface area contributed by atoms with Gasteiger partial charge in [0, 0.05) is 6.04 Å². The van der Waals surface area contributed by atoms with Gasteiger partial charge in [-0.1, -0.05) is 18.7 Å². The highest BCUT2D eigenvalue weighted by Crippen LogP contribution is 2.27. The fourth-order valence-electron chi connectivity index (χ4n) is 2.16. The molecule has 8 heteroatoms. The third-order valence-corrected chi connectivity index (χ3v) is 4.61. The van der Waals surface area contributed by atoms with Crippen LogP contribution >= 0.6 is 11.8 Å². The summed E-state index contributed by atoms with van der Waals surface area (Å²) in [5, 5.41) is 3.30. The molecule has 0 aliphatic carbocycles. The summed E-state index contributed by atoms with van der Waals surface area (Å²) < 4.78 is 10.5. The van der Waals surface area contributed by atoms with Gasteiger partial charge in [0.25, 0.3) is 0 Å². The van der Waals surface area contributed by atoms with Crippen LogP contribution in [0.4, 0.5) is 0 Å². The summed E-state index contributed by atoms with van der Waals surface area (Å²) in [6, 6.07) is 3.57. The zero-order chi connectivity index (χ0) is 19.1. The summed E-state index contributed by atoms with van der Waals surface area (Å²) in [5.74, 6) is 0.390. The maximum Gasteiger partial charge on any atom is 0.342 e. The molecule has 0 spiro atoms. The molecule has 1 amide bonds. The molecule has 0 radical (unpaired) electrons. The number of hydrogen-bond donors (Lipinski definition) is 1. The average molecular weight is 377 g/mol. The van der Waals surface area contributed by atoms with Crippen molar-refractivity contribution in [2.45, 2.75) is 45.2 Å². The van der Waals surface area contributed by atoms with Gasteiger partial charge in [0.05, 0.1) is 24.3 Å². The number of carbonyl (C=O) groups is 2. The van der Waals surface area contributed by atoms with E-state index in [9.17, 15) is 9.59 Å². The van der Waals surface area contributed by atoms with Crippen LogP contribution < -0.4 is 5.32 Å². The van der Waals surface area contributed by atoms with Crippen molar-refractivity contribution in [1.82, 2.24) is 15.3 Å².